The van der Waals surface area contributed by atoms with Crippen LogP contribution in [0.15, 0.2) is 18.5 Å². The number of hydrogen-bond acceptors (Lipinski definition) is 5. The molecule has 0 aliphatic heterocycles. The Morgan fingerprint density at radius 1 is 1.32 bits per heavy atom. The van der Waals surface area contributed by atoms with E-state index in [4.69, 9.17) is 4.74 Å². The Balaban J connectivity index is 2.87. The molecule has 0 radical (unpaired) electrons. The zero-order chi connectivity index (χ0) is 14.5. The second-order valence-corrected chi connectivity index (χ2v) is 5.11. The Morgan fingerprint density at radius 3 is 2.37 bits per heavy atom. The van der Waals surface area contributed by atoms with Crippen molar-refractivity contribution in [2.75, 3.05) is 11.9 Å². The lowest BCUT2D eigenvalue weighted by Gasteiger charge is -2.27. The van der Waals surface area contributed by atoms with Gasteiger partial charge in [0.1, 0.15) is 5.92 Å². The van der Waals surface area contributed by atoms with Crippen molar-refractivity contribution in [3.05, 3.63) is 18.5 Å². The number of nitrogens with one attached hydrogen (secondary N) is 1. The summed E-state index contributed by atoms with van der Waals surface area (Å²) in [4.78, 5) is 31.9. The molecule has 0 saturated carbocycles. The molecule has 19 heavy (non-hydrogen) atoms. The third-order valence-corrected chi connectivity index (χ3v) is 2.45. The number of carbonyl (C=O) groups excluding carboxylic acids is 2. The summed E-state index contributed by atoms with van der Waals surface area (Å²) < 4.78 is 4.95. The Bertz CT molecular complexity index is 440. The third kappa shape index (κ3) is 4.31. The minimum Gasteiger partial charge on any atom is -0.465 e. The van der Waals surface area contributed by atoms with Crippen LogP contribution in [0, 0.1) is 11.3 Å². The minimum atomic E-state index is -0.906. The van der Waals surface area contributed by atoms with E-state index in [1.54, 1.807) is 33.8 Å². The van der Waals surface area contributed by atoms with Crippen LogP contribution in [0.4, 0.5) is 5.95 Å². The summed E-state index contributed by atoms with van der Waals surface area (Å²) in [5.74, 6) is -1.73. The van der Waals surface area contributed by atoms with E-state index in [0.717, 1.165) is 0 Å². The van der Waals surface area contributed by atoms with Gasteiger partial charge in [0.15, 0.2) is 0 Å². The molecule has 1 rings (SSSR count). The molecule has 0 fully saturated rings. The molecule has 1 N–H and O–H groups in total. The number of esters is 1. The van der Waals surface area contributed by atoms with Crippen molar-refractivity contribution in [2.24, 2.45) is 11.3 Å². The number of carbonyl (C=O) groups is 2. The number of anilines is 1. The van der Waals surface area contributed by atoms with Crippen LogP contribution in [-0.2, 0) is 14.3 Å². The summed E-state index contributed by atoms with van der Waals surface area (Å²) in [5, 5.41) is 2.53. The number of aromatic nitrogens is 2. The van der Waals surface area contributed by atoms with Gasteiger partial charge in [0.2, 0.25) is 11.9 Å². The van der Waals surface area contributed by atoms with Crippen molar-refractivity contribution in [3.8, 4) is 0 Å². The van der Waals surface area contributed by atoms with Gasteiger partial charge in [0.05, 0.1) is 6.61 Å². The van der Waals surface area contributed by atoms with Gasteiger partial charge in [-0.15, -0.1) is 0 Å². The highest BCUT2D eigenvalue weighted by Crippen LogP contribution is 2.28. The molecule has 0 aromatic carbocycles. The maximum absolute atomic E-state index is 12.2. The maximum Gasteiger partial charge on any atom is 0.319 e. The summed E-state index contributed by atoms with van der Waals surface area (Å²) in [7, 11) is 0. The largest absolute Gasteiger partial charge is 0.465 e. The van der Waals surface area contributed by atoms with E-state index in [2.05, 4.69) is 15.3 Å². The van der Waals surface area contributed by atoms with Gasteiger partial charge in [0.25, 0.3) is 0 Å². The van der Waals surface area contributed by atoms with E-state index in [9.17, 15) is 9.59 Å². The Labute approximate surface area is 112 Å². The normalized spacial score (nSPS) is 12.6. The first kappa shape index (κ1) is 15.1. The zero-order valence-electron chi connectivity index (χ0n) is 11.6. The summed E-state index contributed by atoms with van der Waals surface area (Å²) in [6, 6.07) is 1.64. The lowest BCUT2D eigenvalue weighted by molar-refractivity contribution is -0.155. The average molecular weight is 265 g/mol. The summed E-state index contributed by atoms with van der Waals surface area (Å²) in [5.41, 5.74) is -0.550. The second kappa shape index (κ2) is 6.26. The van der Waals surface area contributed by atoms with E-state index in [0.29, 0.717) is 0 Å². The first-order valence-corrected chi connectivity index (χ1v) is 6.10. The summed E-state index contributed by atoms with van der Waals surface area (Å²) in [6.45, 7) is 7.36. The molecule has 104 valence electrons. The van der Waals surface area contributed by atoms with Crippen LogP contribution in [0.2, 0.25) is 0 Å². The van der Waals surface area contributed by atoms with Crippen LogP contribution in [-0.4, -0.2) is 28.5 Å². The molecule has 0 aliphatic rings. The molecule has 6 heteroatoms. The Hall–Kier alpha value is -1.98. The van der Waals surface area contributed by atoms with Gasteiger partial charge in [-0.25, -0.2) is 9.97 Å². The smallest absolute Gasteiger partial charge is 0.319 e. The van der Waals surface area contributed by atoms with Crippen LogP contribution >= 0.6 is 0 Å². The van der Waals surface area contributed by atoms with Crippen LogP contribution in [0.1, 0.15) is 27.7 Å². The fourth-order valence-corrected chi connectivity index (χ4v) is 1.63. The third-order valence-electron chi connectivity index (χ3n) is 2.45. The first-order chi connectivity index (χ1) is 8.86. The van der Waals surface area contributed by atoms with Crippen molar-refractivity contribution >= 4 is 17.8 Å². The predicted octanol–water partition coefficient (Wildman–Crippen LogP) is 1.64. The van der Waals surface area contributed by atoms with Crippen LogP contribution in [0.3, 0.4) is 0 Å². The zero-order valence-corrected chi connectivity index (χ0v) is 11.6. The number of nitrogens with zero attached hydrogens (tertiary/aromatic N) is 2. The highest BCUT2D eigenvalue weighted by molar-refractivity contribution is 6.04. The van der Waals surface area contributed by atoms with Gasteiger partial charge < -0.3 is 4.74 Å². The fraction of sp³-hybridized carbons (Fsp3) is 0.538. The molecule has 0 bridgehead atoms. The number of amides is 1. The molecule has 1 heterocycles. The summed E-state index contributed by atoms with van der Waals surface area (Å²) >= 11 is 0. The second-order valence-electron chi connectivity index (χ2n) is 5.11. The fourth-order valence-electron chi connectivity index (χ4n) is 1.63. The van der Waals surface area contributed by atoms with E-state index < -0.39 is 23.2 Å². The van der Waals surface area contributed by atoms with Gasteiger partial charge in [0, 0.05) is 12.4 Å². The standard InChI is InChI=1S/C13H19N3O3/c1-5-19-11(18)9(13(2,3)4)10(17)16-12-14-7-6-8-15-12/h6-9H,5H2,1-4H3,(H,14,15,16,17). The van der Waals surface area contributed by atoms with Crippen LogP contribution in [0.25, 0.3) is 0 Å². The molecule has 0 spiro atoms. The van der Waals surface area contributed by atoms with Crippen molar-refractivity contribution in [3.63, 3.8) is 0 Å². The minimum absolute atomic E-state index is 0.172. The van der Waals surface area contributed by atoms with Crippen molar-refractivity contribution in [1.82, 2.24) is 9.97 Å². The van der Waals surface area contributed by atoms with E-state index >= 15 is 0 Å². The van der Waals surface area contributed by atoms with Gasteiger partial charge >= 0.3 is 5.97 Å². The van der Waals surface area contributed by atoms with Crippen molar-refractivity contribution in [2.45, 2.75) is 27.7 Å². The molecule has 1 amide bonds. The Kier molecular flexibility index (Phi) is 4.97. The average Bonchev–Trinajstić information content (AvgIpc) is 2.28. The van der Waals surface area contributed by atoms with Crippen LogP contribution < -0.4 is 5.32 Å². The topological polar surface area (TPSA) is 81.2 Å². The molecular weight excluding hydrogens is 246 g/mol. The highest BCUT2D eigenvalue weighted by Gasteiger charge is 2.39. The number of hydrogen-bond donors (Lipinski definition) is 1. The maximum atomic E-state index is 12.2. The van der Waals surface area contributed by atoms with Crippen molar-refractivity contribution in [1.29, 1.82) is 0 Å². The number of rotatable bonds is 4. The number of ether oxygens (including phenoxy) is 1. The lowest BCUT2D eigenvalue weighted by Crippen LogP contribution is -2.40. The molecule has 1 aromatic rings. The molecule has 0 aliphatic carbocycles. The molecular formula is C13H19N3O3. The molecule has 1 unspecified atom stereocenters. The van der Waals surface area contributed by atoms with Gasteiger partial charge in [-0.3, -0.25) is 14.9 Å². The SMILES string of the molecule is CCOC(=O)C(C(=O)Nc1ncccn1)C(C)(C)C. The van der Waals surface area contributed by atoms with E-state index in [-0.39, 0.29) is 12.6 Å². The van der Waals surface area contributed by atoms with Crippen LogP contribution in [0.5, 0.6) is 0 Å². The quantitative estimate of drug-likeness (QED) is 0.661. The first-order valence-electron chi connectivity index (χ1n) is 6.10. The molecule has 0 saturated heterocycles. The van der Waals surface area contributed by atoms with Gasteiger partial charge in [-0.1, -0.05) is 20.8 Å². The van der Waals surface area contributed by atoms with E-state index in [1.165, 1.54) is 12.4 Å². The molecule has 1 atom stereocenters. The van der Waals surface area contributed by atoms with Gasteiger partial charge in [-0.2, -0.15) is 0 Å². The predicted molar refractivity (Wildman–Crippen MR) is 70.2 cm³/mol. The Morgan fingerprint density at radius 2 is 1.89 bits per heavy atom. The van der Waals surface area contributed by atoms with Crippen molar-refractivity contribution < 1.29 is 14.3 Å². The van der Waals surface area contributed by atoms with Gasteiger partial charge in [-0.05, 0) is 18.4 Å². The monoisotopic (exact) mass is 265 g/mol. The molecule has 1 aromatic heterocycles. The highest BCUT2D eigenvalue weighted by atomic mass is 16.5. The lowest BCUT2D eigenvalue weighted by atomic mass is 9.80. The van der Waals surface area contributed by atoms with E-state index in [1.807, 2.05) is 0 Å². The summed E-state index contributed by atoms with van der Waals surface area (Å²) in [6.07, 6.45) is 3.03. The molecule has 6 nitrogen and oxygen atoms in total.